The number of ether oxygens (including phenoxy) is 1. The first-order valence-electron chi connectivity index (χ1n) is 8.75. The van der Waals surface area contributed by atoms with Gasteiger partial charge in [0.2, 0.25) is 5.88 Å². The van der Waals surface area contributed by atoms with Crippen molar-refractivity contribution in [3.63, 3.8) is 0 Å². The summed E-state index contributed by atoms with van der Waals surface area (Å²) in [6.07, 6.45) is 9.19. The third-order valence-corrected chi connectivity index (χ3v) is 4.58. The minimum Gasteiger partial charge on any atom is -0.439 e. The van der Waals surface area contributed by atoms with E-state index < -0.39 is 0 Å². The zero-order valence-corrected chi connectivity index (χ0v) is 14.4. The Morgan fingerprint density at radius 1 is 1.15 bits per heavy atom. The molecule has 0 radical (unpaired) electrons. The number of aromatic nitrogens is 3. The number of piperidine rings is 1. The molecule has 1 fully saturated rings. The predicted octanol–water partition coefficient (Wildman–Crippen LogP) is 3.55. The molecule has 6 heteroatoms. The van der Waals surface area contributed by atoms with Gasteiger partial charge in [0, 0.05) is 43.3 Å². The summed E-state index contributed by atoms with van der Waals surface area (Å²) < 4.78 is 7.82. The monoisotopic (exact) mass is 348 g/mol. The molecule has 3 aromatic rings. The van der Waals surface area contributed by atoms with E-state index in [4.69, 9.17) is 4.74 Å². The molecular formula is C20H20N4O2. The smallest absolute Gasteiger partial charge is 0.254 e. The van der Waals surface area contributed by atoms with Gasteiger partial charge >= 0.3 is 0 Å². The van der Waals surface area contributed by atoms with Gasteiger partial charge in [0.05, 0.1) is 12.4 Å². The highest BCUT2D eigenvalue weighted by Gasteiger charge is 2.25. The molecule has 3 heterocycles. The number of amides is 1. The van der Waals surface area contributed by atoms with Crippen LogP contribution in [-0.2, 0) is 0 Å². The van der Waals surface area contributed by atoms with Crippen molar-refractivity contribution in [1.29, 1.82) is 0 Å². The van der Waals surface area contributed by atoms with Crippen LogP contribution in [0.15, 0.2) is 67.4 Å². The van der Waals surface area contributed by atoms with Crippen LogP contribution in [0.3, 0.4) is 0 Å². The zero-order chi connectivity index (χ0) is 17.8. The van der Waals surface area contributed by atoms with Crippen LogP contribution in [0.4, 0.5) is 0 Å². The summed E-state index contributed by atoms with van der Waals surface area (Å²) in [5, 5.41) is 0. The van der Waals surface area contributed by atoms with Gasteiger partial charge in [0.25, 0.3) is 5.91 Å². The molecule has 1 amide bonds. The lowest BCUT2D eigenvalue weighted by Crippen LogP contribution is -2.40. The zero-order valence-electron chi connectivity index (χ0n) is 14.4. The fourth-order valence-corrected chi connectivity index (χ4v) is 3.26. The number of pyridine rings is 1. The molecule has 4 rings (SSSR count). The number of benzene rings is 1. The number of hydrogen-bond donors (Lipinski definition) is 0. The van der Waals surface area contributed by atoms with Crippen molar-refractivity contribution < 1.29 is 9.53 Å². The van der Waals surface area contributed by atoms with E-state index in [9.17, 15) is 4.79 Å². The quantitative estimate of drug-likeness (QED) is 0.723. The van der Waals surface area contributed by atoms with E-state index in [1.165, 1.54) is 0 Å². The summed E-state index contributed by atoms with van der Waals surface area (Å²) in [6.45, 7) is 1.45. The Hall–Kier alpha value is -3.15. The minimum atomic E-state index is 0.00938. The Balaban J connectivity index is 1.48. The third kappa shape index (κ3) is 3.59. The third-order valence-electron chi connectivity index (χ3n) is 4.58. The molecule has 1 aromatic carbocycles. The minimum absolute atomic E-state index is 0.00938. The van der Waals surface area contributed by atoms with Crippen LogP contribution in [0.25, 0.3) is 0 Å². The molecule has 0 saturated carbocycles. The van der Waals surface area contributed by atoms with Gasteiger partial charge in [-0.2, -0.15) is 0 Å². The van der Waals surface area contributed by atoms with Crippen molar-refractivity contribution in [2.45, 2.75) is 18.9 Å². The summed E-state index contributed by atoms with van der Waals surface area (Å²) in [6, 6.07) is 13.2. The SMILES string of the molecule is O=C(c1ccnc(Oc2ccccc2)c1)N1CCCC(n2ccnc2)C1. The lowest BCUT2D eigenvalue weighted by Gasteiger charge is -2.33. The Bertz CT molecular complexity index is 865. The molecular weight excluding hydrogens is 328 g/mol. The molecule has 1 aliphatic rings. The van der Waals surface area contributed by atoms with E-state index in [-0.39, 0.29) is 11.9 Å². The highest BCUT2D eigenvalue weighted by molar-refractivity contribution is 5.94. The summed E-state index contributed by atoms with van der Waals surface area (Å²) in [5.41, 5.74) is 0.595. The van der Waals surface area contributed by atoms with Gasteiger partial charge in [-0.15, -0.1) is 0 Å². The predicted molar refractivity (Wildman–Crippen MR) is 97.2 cm³/mol. The summed E-state index contributed by atoms with van der Waals surface area (Å²) in [5.74, 6) is 1.13. The van der Waals surface area contributed by atoms with E-state index >= 15 is 0 Å². The second-order valence-electron chi connectivity index (χ2n) is 6.35. The van der Waals surface area contributed by atoms with Gasteiger partial charge in [0.15, 0.2) is 0 Å². The normalized spacial score (nSPS) is 17.1. The fraction of sp³-hybridized carbons (Fsp3) is 0.250. The molecule has 132 valence electrons. The van der Waals surface area contributed by atoms with Crippen LogP contribution < -0.4 is 4.74 Å². The standard InChI is InChI=1S/C20H20N4O2/c25-20(23-11-4-5-17(14-23)24-12-10-21-15-24)16-8-9-22-19(13-16)26-18-6-2-1-3-7-18/h1-3,6-10,12-13,15,17H,4-5,11,14H2. The van der Waals surface area contributed by atoms with Crippen LogP contribution in [0.2, 0.25) is 0 Å². The van der Waals surface area contributed by atoms with Crippen molar-refractivity contribution in [2.24, 2.45) is 0 Å². The molecule has 0 spiro atoms. The van der Waals surface area contributed by atoms with E-state index in [1.54, 1.807) is 24.5 Å². The van der Waals surface area contributed by atoms with Crippen molar-refractivity contribution in [3.8, 4) is 11.6 Å². The van der Waals surface area contributed by atoms with Gasteiger partial charge in [-0.25, -0.2) is 9.97 Å². The van der Waals surface area contributed by atoms with Crippen molar-refractivity contribution in [1.82, 2.24) is 19.4 Å². The van der Waals surface area contributed by atoms with Crippen LogP contribution in [0.5, 0.6) is 11.6 Å². The Kier molecular flexibility index (Phi) is 4.64. The molecule has 2 aromatic heterocycles. The Morgan fingerprint density at radius 2 is 2.04 bits per heavy atom. The molecule has 0 aliphatic carbocycles. The molecule has 1 unspecified atom stereocenters. The summed E-state index contributed by atoms with van der Waals surface area (Å²) in [4.78, 5) is 23.2. The van der Waals surface area contributed by atoms with Crippen molar-refractivity contribution in [2.75, 3.05) is 13.1 Å². The second-order valence-corrected chi connectivity index (χ2v) is 6.35. The number of para-hydroxylation sites is 1. The summed E-state index contributed by atoms with van der Waals surface area (Å²) in [7, 11) is 0. The van der Waals surface area contributed by atoms with Crippen LogP contribution >= 0.6 is 0 Å². The van der Waals surface area contributed by atoms with E-state index in [0.29, 0.717) is 23.7 Å². The first kappa shape index (κ1) is 16.3. The number of likely N-dealkylation sites (tertiary alicyclic amines) is 1. The molecule has 26 heavy (non-hydrogen) atoms. The molecule has 1 aliphatic heterocycles. The summed E-state index contributed by atoms with van der Waals surface area (Å²) >= 11 is 0. The van der Waals surface area contributed by atoms with Gasteiger partial charge in [-0.3, -0.25) is 4.79 Å². The van der Waals surface area contributed by atoms with E-state index in [0.717, 1.165) is 19.4 Å². The average Bonchev–Trinajstić information content (AvgIpc) is 3.23. The Morgan fingerprint density at radius 3 is 2.85 bits per heavy atom. The van der Waals surface area contributed by atoms with Crippen molar-refractivity contribution in [3.05, 3.63) is 72.9 Å². The maximum absolute atomic E-state index is 12.9. The van der Waals surface area contributed by atoms with Crippen LogP contribution in [0, 0.1) is 0 Å². The van der Waals surface area contributed by atoms with Gasteiger partial charge in [-0.1, -0.05) is 18.2 Å². The van der Waals surface area contributed by atoms with Crippen LogP contribution in [0.1, 0.15) is 29.2 Å². The molecule has 1 saturated heterocycles. The second kappa shape index (κ2) is 7.39. The van der Waals surface area contributed by atoms with Gasteiger partial charge in [-0.05, 0) is 31.0 Å². The number of hydrogen-bond acceptors (Lipinski definition) is 4. The number of carbonyl (C=O) groups is 1. The highest BCUT2D eigenvalue weighted by atomic mass is 16.5. The maximum Gasteiger partial charge on any atom is 0.254 e. The molecule has 6 nitrogen and oxygen atoms in total. The first-order valence-corrected chi connectivity index (χ1v) is 8.75. The number of imidazole rings is 1. The topological polar surface area (TPSA) is 60.2 Å². The highest BCUT2D eigenvalue weighted by Crippen LogP contribution is 2.24. The first-order chi connectivity index (χ1) is 12.8. The molecule has 1 atom stereocenters. The van der Waals surface area contributed by atoms with Gasteiger partial charge < -0.3 is 14.2 Å². The fourth-order valence-electron chi connectivity index (χ4n) is 3.26. The molecule has 0 N–H and O–H groups in total. The van der Waals surface area contributed by atoms with Crippen molar-refractivity contribution >= 4 is 5.91 Å². The lowest BCUT2D eigenvalue weighted by molar-refractivity contribution is 0.0679. The number of nitrogens with zero attached hydrogens (tertiary/aromatic N) is 4. The molecule has 0 bridgehead atoms. The number of rotatable bonds is 4. The van der Waals surface area contributed by atoms with E-state index in [1.807, 2.05) is 47.8 Å². The lowest BCUT2D eigenvalue weighted by atomic mass is 10.0. The largest absolute Gasteiger partial charge is 0.439 e. The number of carbonyl (C=O) groups excluding carboxylic acids is 1. The Labute approximate surface area is 152 Å². The average molecular weight is 348 g/mol. The van der Waals surface area contributed by atoms with E-state index in [2.05, 4.69) is 14.5 Å². The van der Waals surface area contributed by atoms with Crippen LogP contribution in [-0.4, -0.2) is 38.4 Å². The maximum atomic E-state index is 12.9. The van der Waals surface area contributed by atoms with Gasteiger partial charge in [0.1, 0.15) is 5.75 Å².